The number of halogens is 2. The lowest BCUT2D eigenvalue weighted by Gasteiger charge is -2.12. The molecule has 0 unspecified atom stereocenters. The molecule has 1 amide bonds. The standard InChI is InChI=1S/C18H29BrN4O3.HI/c1-4-20-18(21-8-5-9-26-11-10-25-3)22-13-17(24)23-16-12-15(19)7-6-14(16)2;/h6-7,12H,4-5,8-11,13H2,1-3H3,(H,23,24)(H2,20,21,22);1H. The Morgan fingerprint density at radius 3 is 2.70 bits per heavy atom. The number of hydrogen-bond donors (Lipinski definition) is 3. The molecule has 0 aliphatic carbocycles. The van der Waals surface area contributed by atoms with Crippen LogP contribution in [-0.4, -0.2) is 58.4 Å². The summed E-state index contributed by atoms with van der Waals surface area (Å²) < 4.78 is 11.2. The number of benzene rings is 1. The van der Waals surface area contributed by atoms with Gasteiger partial charge in [-0.2, -0.15) is 0 Å². The van der Waals surface area contributed by atoms with Crippen molar-refractivity contribution in [1.29, 1.82) is 0 Å². The van der Waals surface area contributed by atoms with Crippen LogP contribution in [0.4, 0.5) is 5.69 Å². The van der Waals surface area contributed by atoms with Crippen LogP contribution in [-0.2, 0) is 14.3 Å². The number of guanidine groups is 1. The summed E-state index contributed by atoms with van der Waals surface area (Å²) in [4.78, 5) is 16.5. The number of amides is 1. The highest BCUT2D eigenvalue weighted by Crippen LogP contribution is 2.20. The molecular formula is C18H30BrIN4O3. The summed E-state index contributed by atoms with van der Waals surface area (Å²) in [5.74, 6) is 0.455. The van der Waals surface area contributed by atoms with Gasteiger partial charge in [-0.15, -0.1) is 24.0 Å². The summed E-state index contributed by atoms with van der Waals surface area (Å²) in [7, 11) is 1.65. The maximum atomic E-state index is 12.1. The predicted molar refractivity (Wildman–Crippen MR) is 124 cm³/mol. The zero-order chi connectivity index (χ0) is 19.2. The minimum atomic E-state index is -0.161. The summed E-state index contributed by atoms with van der Waals surface area (Å²) in [6.07, 6.45) is 0.845. The van der Waals surface area contributed by atoms with Gasteiger partial charge in [0, 0.05) is 37.0 Å². The normalized spacial score (nSPS) is 10.9. The molecule has 27 heavy (non-hydrogen) atoms. The lowest BCUT2D eigenvalue weighted by atomic mass is 10.2. The molecule has 0 atom stereocenters. The van der Waals surface area contributed by atoms with E-state index in [4.69, 9.17) is 9.47 Å². The fourth-order valence-electron chi connectivity index (χ4n) is 2.04. The number of anilines is 1. The average Bonchev–Trinajstić information content (AvgIpc) is 2.62. The van der Waals surface area contributed by atoms with E-state index in [0.29, 0.717) is 32.3 Å². The highest BCUT2D eigenvalue weighted by atomic mass is 127. The van der Waals surface area contributed by atoms with Crippen molar-refractivity contribution in [3.8, 4) is 0 Å². The highest BCUT2D eigenvalue weighted by molar-refractivity contribution is 14.0. The van der Waals surface area contributed by atoms with Gasteiger partial charge in [-0.3, -0.25) is 4.79 Å². The molecule has 0 aliphatic rings. The van der Waals surface area contributed by atoms with Gasteiger partial charge in [0.2, 0.25) is 5.91 Å². The van der Waals surface area contributed by atoms with Crippen molar-refractivity contribution >= 4 is 57.5 Å². The van der Waals surface area contributed by atoms with E-state index < -0.39 is 0 Å². The Hall–Kier alpha value is -0.910. The van der Waals surface area contributed by atoms with Crippen LogP contribution in [0.5, 0.6) is 0 Å². The number of aryl methyl sites for hydroxylation is 1. The van der Waals surface area contributed by atoms with Crippen LogP contribution in [0.15, 0.2) is 27.7 Å². The third kappa shape index (κ3) is 12.2. The van der Waals surface area contributed by atoms with E-state index in [1.807, 2.05) is 32.0 Å². The molecule has 1 rings (SSSR count). The smallest absolute Gasteiger partial charge is 0.246 e. The van der Waals surface area contributed by atoms with Gasteiger partial charge in [-0.25, -0.2) is 4.99 Å². The number of methoxy groups -OCH3 is 1. The molecule has 0 bridgehead atoms. The predicted octanol–water partition coefficient (Wildman–Crippen LogP) is 2.92. The van der Waals surface area contributed by atoms with Gasteiger partial charge in [-0.1, -0.05) is 22.0 Å². The first-order chi connectivity index (χ1) is 12.6. The number of nitrogens with one attached hydrogen (secondary N) is 3. The number of nitrogens with zero attached hydrogens (tertiary/aromatic N) is 1. The van der Waals surface area contributed by atoms with Gasteiger partial charge in [0.25, 0.3) is 0 Å². The molecule has 0 spiro atoms. The number of ether oxygens (including phenoxy) is 2. The maximum Gasteiger partial charge on any atom is 0.246 e. The van der Waals surface area contributed by atoms with Crippen molar-refractivity contribution in [1.82, 2.24) is 10.6 Å². The Balaban J connectivity index is 0.00000676. The second-order valence-electron chi connectivity index (χ2n) is 5.59. The molecule has 0 aliphatic heterocycles. The number of aliphatic imine (C=N–C) groups is 1. The van der Waals surface area contributed by atoms with Crippen LogP contribution in [0.2, 0.25) is 0 Å². The maximum absolute atomic E-state index is 12.1. The van der Waals surface area contributed by atoms with Crippen LogP contribution in [0, 0.1) is 6.92 Å². The number of carbonyl (C=O) groups is 1. The Bertz CT molecular complexity index is 588. The van der Waals surface area contributed by atoms with E-state index >= 15 is 0 Å². The van der Waals surface area contributed by atoms with Crippen molar-refractivity contribution < 1.29 is 14.3 Å². The van der Waals surface area contributed by atoms with Crippen LogP contribution in [0.25, 0.3) is 0 Å². The monoisotopic (exact) mass is 556 g/mol. The van der Waals surface area contributed by atoms with E-state index in [2.05, 4.69) is 36.9 Å². The SMILES string of the molecule is CCNC(=NCC(=O)Nc1cc(Br)ccc1C)NCCCOCCOC.I. The molecule has 1 aromatic carbocycles. The number of carbonyl (C=O) groups excluding carboxylic acids is 1. The van der Waals surface area contributed by atoms with Crippen molar-refractivity contribution in [2.75, 3.05) is 51.9 Å². The third-order valence-corrected chi connectivity index (χ3v) is 3.88. The first-order valence-corrected chi connectivity index (χ1v) is 9.51. The van der Waals surface area contributed by atoms with Gasteiger partial charge in [-0.05, 0) is 38.0 Å². The Labute approximate surface area is 187 Å². The molecule has 7 nitrogen and oxygen atoms in total. The quantitative estimate of drug-likeness (QED) is 0.169. The third-order valence-electron chi connectivity index (χ3n) is 3.39. The Morgan fingerprint density at radius 1 is 1.22 bits per heavy atom. The zero-order valence-corrected chi connectivity index (χ0v) is 20.1. The van der Waals surface area contributed by atoms with Crippen LogP contribution < -0.4 is 16.0 Å². The largest absolute Gasteiger partial charge is 0.382 e. The first-order valence-electron chi connectivity index (χ1n) is 8.71. The Morgan fingerprint density at radius 2 is 2.00 bits per heavy atom. The fourth-order valence-corrected chi connectivity index (χ4v) is 2.40. The second kappa shape index (κ2) is 16.1. The fraction of sp³-hybridized carbons (Fsp3) is 0.556. The molecule has 0 fully saturated rings. The van der Waals surface area contributed by atoms with Gasteiger partial charge >= 0.3 is 0 Å². The molecule has 1 aromatic rings. The Kier molecular flexibility index (Phi) is 15.5. The summed E-state index contributed by atoms with van der Waals surface area (Å²) >= 11 is 3.41. The molecule has 0 radical (unpaired) electrons. The highest BCUT2D eigenvalue weighted by Gasteiger charge is 2.06. The topological polar surface area (TPSA) is 84.0 Å². The van der Waals surface area contributed by atoms with E-state index in [9.17, 15) is 4.79 Å². The van der Waals surface area contributed by atoms with Crippen LogP contribution >= 0.6 is 39.9 Å². The van der Waals surface area contributed by atoms with Crippen molar-refractivity contribution in [3.05, 3.63) is 28.2 Å². The number of rotatable bonds is 11. The molecular weight excluding hydrogens is 527 g/mol. The van der Waals surface area contributed by atoms with Gasteiger partial charge in [0.1, 0.15) is 6.54 Å². The molecule has 154 valence electrons. The summed E-state index contributed by atoms with van der Waals surface area (Å²) in [6.45, 7) is 7.27. The van der Waals surface area contributed by atoms with Gasteiger partial charge in [0.05, 0.1) is 13.2 Å². The lowest BCUT2D eigenvalue weighted by molar-refractivity contribution is -0.114. The van der Waals surface area contributed by atoms with E-state index in [1.54, 1.807) is 7.11 Å². The van der Waals surface area contributed by atoms with Crippen molar-refractivity contribution in [2.24, 2.45) is 4.99 Å². The van der Waals surface area contributed by atoms with Gasteiger partial charge in [0.15, 0.2) is 5.96 Å². The molecule has 0 aromatic heterocycles. The lowest BCUT2D eigenvalue weighted by Crippen LogP contribution is -2.38. The molecule has 3 N–H and O–H groups in total. The average molecular weight is 557 g/mol. The number of hydrogen-bond acceptors (Lipinski definition) is 4. The van der Waals surface area contributed by atoms with E-state index in [1.165, 1.54) is 0 Å². The van der Waals surface area contributed by atoms with Gasteiger partial charge < -0.3 is 25.4 Å². The first kappa shape index (κ1) is 26.1. The summed E-state index contributed by atoms with van der Waals surface area (Å²) in [5, 5.41) is 9.20. The summed E-state index contributed by atoms with van der Waals surface area (Å²) in [5.41, 5.74) is 1.79. The minimum absolute atomic E-state index is 0. The minimum Gasteiger partial charge on any atom is -0.382 e. The molecule has 0 saturated carbocycles. The summed E-state index contributed by atoms with van der Waals surface area (Å²) in [6, 6.07) is 5.77. The van der Waals surface area contributed by atoms with E-state index in [0.717, 1.165) is 28.7 Å². The van der Waals surface area contributed by atoms with E-state index in [-0.39, 0.29) is 36.4 Å². The molecule has 9 heteroatoms. The van der Waals surface area contributed by atoms with Crippen LogP contribution in [0.3, 0.4) is 0 Å². The van der Waals surface area contributed by atoms with Crippen LogP contribution in [0.1, 0.15) is 18.9 Å². The van der Waals surface area contributed by atoms with Crippen molar-refractivity contribution in [3.63, 3.8) is 0 Å². The second-order valence-corrected chi connectivity index (χ2v) is 6.50. The zero-order valence-electron chi connectivity index (χ0n) is 16.1. The molecule has 0 heterocycles. The molecule has 0 saturated heterocycles. The van der Waals surface area contributed by atoms with Crippen molar-refractivity contribution in [2.45, 2.75) is 20.3 Å².